The number of rotatable bonds is 5. The Morgan fingerprint density at radius 1 is 1.57 bits per heavy atom. The Balaban J connectivity index is 3.93. The quantitative estimate of drug-likeness (QED) is 0.430. The van der Waals surface area contributed by atoms with Gasteiger partial charge in [0, 0.05) is 0 Å². The number of allylic oxidation sites excluding steroid dienone is 3. The van der Waals surface area contributed by atoms with Crippen LogP contribution in [0.25, 0.3) is 0 Å². The lowest BCUT2D eigenvalue weighted by Gasteiger charge is -2.02. The molecule has 14 heavy (non-hydrogen) atoms. The molecule has 0 aliphatic rings. The topological polar surface area (TPSA) is 46.0 Å². The number of hydrogen-bond acceptors (Lipinski definition) is 3. The largest absolute Gasteiger partial charge is 0.545 e. The maximum Gasteiger partial charge on any atom is 0.545 e. The van der Waals surface area contributed by atoms with Crippen molar-refractivity contribution in [3.05, 3.63) is 24.4 Å². The zero-order valence-electron chi connectivity index (χ0n) is 7.51. The monoisotopic (exact) mass is 209 g/mol. The molecule has 0 amide bonds. The predicted octanol–water partition coefficient (Wildman–Crippen LogP) is 2.87. The summed E-state index contributed by atoms with van der Waals surface area (Å²) < 4.78 is 34.2. The average Bonchev–Trinajstić information content (AvgIpc) is 2.08. The van der Waals surface area contributed by atoms with E-state index in [0.29, 0.717) is 12.1 Å². The van der Waals surface area contributed by atoms with Gasteiger partial charge in [0.05, 0.1) is 5.70 Å². The molecule has 0 aromatic rings. The molecule has 4 nitrogen and oxygen atoms in total. The number of nitrogens with zero attached hydrogens (tertiary/aromatic N) is 2. The Morgan fingerprint density at radius 2 is 2.21 bits per heavy atom. The fraction of sp³-hybridized carbons (Fsp3) is 0.429. The first-order valence-electron chi connectivity index (χ1n) is 3.71. The molecule has 0 heterocycles. The molecule has 0 saturated heterocycles. The molecule has 0 unspecified atom stereocenters. The lowest BCUT2D eigenvalue weighted by Crippen LogP contribution is -2.21. The van der Waals surface area contributed by atoms with Crippen molar-refractivity contribution in [2.75, 3.05) is 0 Å². The first-order chi connectivity index (χ1) is 6.49. The van der Waals surface area contributed by atoms with Crippen LogP contribution in [0.1, 0.15) is 13.3 Å². The van der Waals surface area contributed by atoms with Crippen LogP contribution in [0.15, 0.2) is 34.8 Å². The SMILES string of the molecule is C=C/C=C(CC)/N=N\NOC(F)(F)F. The average molecular weight is 209 g/mol. The highest BCUT2D eigenvalue weighted by molar-refractivity contribution is 5.07. The number of nitrogens with one attached hydrogen (secondary N) is 1. The van der Waals surface area contributed by atoms with Crippen molar-refractivity contribution in [3.63, 3.8) is 0 Å². The molecule has 80 valence electrons. The molecular formula is C7H10F3N3O. The van der Waals surface area contributed by atoms with Crippen LogP contribution in [0.4, 0.5) is 13.2 Å². The van der Waals surface area contributed by atoms with Gasteiger partial charge in [-0.2, -0.15) is 10.4 Å². The van der Waals surface area contributed by atoms with Gasteiger partial charge in [0.2, 0.25) is 0 Å². The molecule has 0 aliphatic heterocycles. The Bertz CT molecular complexity index is 235. The van der Waals surface area contributed by atoms with E-state index in [1.165, 1.54) is 17.7 Å². The van der Waals surface area contributed by atoms with E-state index in [-0.39, 0.29) is 0 Å². The summed E-state index contributed by atoms with van der Waals surface area (Å²) >= 11 is 0. The summed E-state index contributed by atoms with van der Waals surface area (Å²) in [5.74, 6) is 0. The van der Waals surface area contributed by atoms with E-state index >= 15 is 0 Å². The van der Waals surface area contributed by atoms with Crippen LogP contribution in [0.2, 0.25) is 0 Å². The first kappa shape index (κ1) is 12.6. The van der Waals surface area contributed by atoms with E-state index in [2.05, 4.69) is 21.8 Å². The van der Waals surface area contributed by atoms with Crippen LogP contribution in [-0.4, -0.2) is 6.36 Å². The van der Waals surface area contributed by atoms with Crippen molar-refractivity contribution >= 4 is 0 Å². The molecule has 1 N–H and O–H groups in total. The second kappa shape index (κ2) is 6.14. The van der Waals surface area contributed by atoms with Crippen LogP contribution >= 0.6 is 0 Å². The zero-order valence-corrected chi connectivity index (χ0v) is 7.51. The first-order valence-corrected chi connectivity index (χ1v) is 3.71. The van der Waals surface area contributed by atoms with Crippen molar-refractivity contribution in [3.8, 4) is 0 Å². The van der Waals surface area contributed by atoms with Crippen LogP contribution in [0.5, 0.6) is 0 Å². The van der Waals surface area contributed by atoms with Gasteiger partial charge in [-0.1, -0.05) is 19.6 Å². The zero-order chi connectivity index (χ0) is 11.0. The summed E-state index contributed by atoms with van der Waals surface area (Å²) in [4.78, 5) is 3.14. The molecule has 0 aromatic heterocycles. The summed E-state index contributed by atoms with van der Waals surface area (Å²) in [7, 11) is 0. The van der Waals surface area contributed by atoms with Gasteiger partial charge in [-0.15, -0.1) is 18.3 Å². The highest BCUT2D eigenvalue weighted by atomic mass is 19.4. The summed E-state index contributed by atoms with van der Waals surface area (Å²) in [6.07, 6.45) is -1.25. The fourth-order valence-corrected chi connectivity index (χ4v) is 0.515. The lowest BCUT2D eigenvalue weighted by atomic mass is 10.3. The van der Waals surface area contributed by atoms with E-state index in [4.69, 9.17) is 0 Å². The van der Waals surface area contributed by atoms with Crippen LogP contribution in [-0.2, 0) is 4.84 Å². The highest BCUT2D eigenvalue weighted by Gasteiger charge is 2.30. The second-order valence-electron chi connectivity index (χ2n) is 2.09. The maximum atomic E-state index is 11.4. The molecule has 0 spiro atoms. The normalized spacial score (nSPS) is 13.3. The van der Waals surface area contributed by atoms with Crippen molar-refractivity contribution < 1.29 is 18.0 Å². The van der Waals surface area contributed by atoms with E-state index in [1.54, 1.807) is 6.92 Å². The van der Waals surface area contributed by atoms with E-state index in [9.17, 15) is 13.2 Å². The van der Waals surface area contributed by atoms with Gasteiger partial charge in [0.15, 0.2) is 0 Å². The molecule has 0 aromatic carbocycles. The van der Waals surface area contributed by atoms with Gasteiger partial charge in [-0.3, -0.25) is 0 Å². The van der Waals surface area contributed by atoms with E-state index in [1.807, 2.05) is 0 Å². The predicted molar refractivity (Wildman–Crippen MR) is 43.7 cm³/mol. The van der Waals surface area contributed by atoms with Crippen molar-refractivity contribution in [2.24, 2.45) is 10.3 Å². The third kappa shape index (κ3) is 7.29. The van der Waals surface area contributed by atoms with Crippen LogP contribution in [0, 0.1) is 0 Å². The van der Waals surface area contributed by atoms with E-state index in [0.717, 1.165) is 0 Å². The summed E-state index contributed by atoms with van der Waals surface area (Å²) in [6, 6.07) is 0. The second-order valence-corrected chi connectivity index (χ2v) is 2.09. The molecule has 0 rings (SSSR count). The lowest BCUT2D eigenvalue weighted by molar-refractivity contribution is -0.351. The highest BCUT2D eigenvalue weighted by Crippen LogP contribution is 2.13. The maximum absolute atomic E-state index is 11.4. The molecule has 0 radical (unpaired) electrons. The summed E-state index contributed by atoms with van der Waals surface area (Å²) in [6.45, 7) is 5.18. The molecule has 0 aliphatic carbocycles. The fourth-order valence-electron chi connectivity index (χ4n) is 0.515. The standard InChI is InChI=1S/C7H10F3N3O/c1-3-5-6(4-2)11-12-13-14-7(8,9)10/h3,5H,1,4H2,2H3,(H,11,13)/b6-5+. The molecular weight excluding hydrogens is 199 g/mol. The van der Waals surface area contributed by atoms with Crippen molar-refractivity contribution in [1.29, 1.82) is 0 Å². The van der Waals surface area contributed by atoms with Crippen LogP contribution < -0.4 is 5.59 Å². The third-order valence-corrected chi connectivity index (χ3v) is 1.05. The number of hydrogen-bond donors (Lipinski definition) is 1. The van der Waals surface area contributed by atoms with Gasteiger partial charge >= 0.3 is 6.36 Å². The van der Waals surface area contributed by atoms with Crippen molar-refractivity contribution in [1.82, 2.24) is 5.59 Å². The molecule has 7 heteroatoms. The Labute approximate surface area is 79.1 Å². The van der Waals surface area contributed by atoms with Crippen molar-refractivity contribution in [2.45, 2.75) is 19.7 Å². The Hall–Kier alpha value is -1.37. The van der Waals surface area contributed by atoms with Gasteiger partial charge in [0.1, 0.15) is 0 Å². The minimum atomic E-state index is -4.77. The van der Waals surface area contributed by atoms with Crippen LogP contribution in [0.3, 0.4) is 0 Å². The van der Waals surface area contributed by atoms with Gasteiger partial charge in [-0.05, 0) is 17.7 Å². The molecule has 0 saturated carbocycles. The minimum absolute atomic E-state index is 0.485. The summed E-state index contributed by atoms with van der Waals surface area (Å²) in [5.41, 5.74) is 1.79. The van der Waals surface area contributed by atoms with Gasteiger partial charge in [0.25, 0.3) is 0 Å². The smallest absolute Gasteiger partial charge is 0.158 e. The van der Waals surface area contributed by atoms with Gasteiger partial charge < -0.3 is 0 Å². The summed E-state index contributed by atoms with van der Waals surface area (Å²) in [5, 5.41) is 6.38. The Kier molecular flexibility index (Phi) is 5.54. The minimum Gasteiger partial charge on any atom is -0.158 e. The Morgan fingerprint density at radius 3 is 2.64 bits per heavy atom. The molecule has 0 atom stereocenters. The molecule has 0 fully saturated rings. The number of halogens is 3. The molecule has 0 bridgehead atoms. The van der Waals surface area contributed by atoms with Gasteiger partial charge in [-0.25, -0.2) is 0 Å². The third-order valence-electron chi connectivity index (χ3n) is 1.05. The van der Waals surface area contributed by atoms with E-state index < -0.39 is 6.36 Å². The number of alkyl halides is 3.